The van der Waals surface area contributed by atoms with Gasteiger partial charge in [0.15, 0.2) is 9.84 Å². The van der Waals surface area contributed by atoms with Gasteiger partial charge in [-0.25, -0.2) is 8.42 Å². The quantitative estimate of drug-likeness (QED) is 0.503. The van der Waals surface area contributed by atoms with Gasteiger partial charge in [-0.1, -0.05) is 13.8 Å². The van der Waals surface area contributed by atoms with E-state index in [-0.39, 0.29) is 6.04 Å². The molecule has 0 aromatic heterocycles. The van der Waals surface area contributed by atoms with Gasteiger partial charge in [0.05, 0.1) is 5.25 Å². The first-order chi connectivity index (χ1) is 5.79. The summed E-state index contributed by atoms with van der Waals surface area (Å²) >= 11 is 0. The van der Waals surface area contributed by atoms with Crippen LogP contribution in [0.1, 0.15) is 27.2 Å². The summed E-state index contributed by atoms with van der Waals surface area (Å²) in [6, 6.07) is -0.157. The first-order valence-corrected chi connectivity index (χ1v) is 6.39. The van der Waals surface area contributed by atoms with Crippen molar-refractivity contribution in [1.29, 1.82) is 0 Å². The highest BCUT2D eigenvalue weighted by atomic mass is 32.2. The molecule has 0 aromatic rings. The summed E-state index contributed by atoms with van der Waals surface area (Å²) in [6.07, 6.45) is 2.01. The van der Waals surface area contributed by atoms with Gasteiger partial charge in [-0.2, -0.15) is 0 Å². The van der Waals surface area contributed by atoms with E-state index in [9.17, 15) is 8.42 Å². The van der Waals surface area contributed by atoms with Crippen molar-refractivity contribution in [3.63, 3.8) is 0 Å². The number of rotatable bonds is 5. The fourth-order valence-corrected chi connectivity index (χ4v) is 1.99. The predicted molar refractivity (Wildman–Crippen MR) is 54.9 cm³/mol. The minimum Gasteiger partial charge on any atom is -0.271 e. The first-order valence-electron chi connectivity index (χ1n) is 4.44. The normalized spacial score (nSPS) is 17.4. The highest BCUT2D eigenvalue weighted by Gasteiger charge is 2.25. The molecule has 0 rings (SSSR count). The predicted octanol–water partition coefficient (Wildman–Crippen LogP) is 0.298. The fourth-order valence-electron chi connectivity index (χ4n) is 1.20. The highest BCUT2D eigenvalue weighted by molar-refractivity contribution is 7.91. The van der Waals surface area contributed by atoms with E-state index in [4.69, 9.17) is 5.84 Å². The number of sulfone groups is 1. The standard InChI is InChI=1S/C8H20N2O2S/c1-6(2)5-8(10-9)7(3)13(4,11)12/h6-8,10H,5,9H2,1-4H3. The molecule has 0 fully saturated rings. The third-order valence-corrected chi connectivity index (χ3v) is 3.86. The summed E-state index contributed by atoms with van der Waals surface area (Å²) in [7, 11) is -3.00. The number of hydrogen-bond donors (Lipinski definition) is 2. The van der Waals surface area contributed by atoms with Gasteiger partial charge in [-0.05, 0) is 19.3 Å². The molecular weight excluding hydrogens is 188 g/mol. The molecule has 3 N–H and O–H groups in total. The molecule has 80 valence electrons. The largest absolute Gasteiger partial charge is 0.271 e. The van der Waals surface area contributed by atoms with Crippen LogP contribution in [0.5, 0.6) is 0 Å². The van der Waals surface area contributed by atoms with Crippen molar-refractivity contribution >= 4 is 9.84 Å². The number of nitrogens with two attached hydrogens (primary N) is 1. The number of hydrogen-bond acceptors (Lipinski definition) is 4. The molecule has 2 atom stereocenters. The Morgan fingerprint density at radius 2 is 1.77 bits per heavy atom. The van der Waals surface area contributed by atoms with E-state index >= 15 is 0 Å². The lowest BCUT2D eigenvalue weighted by molar-refractivity contribution is 0.413. The zero-order valence-electron chi connectivity index (χ0n) is 8.74. The molecular formula is C8H20N2O2S. The lowest BCUT2D eigenvalue weighted by atomic mass is 10.0. The highest BCUT2D eigenvalue weighted by Crippen LogP contribution is 2.12. The van der Waals surface area contributed by atoms with Crippen molar-refractivity contribution < 1.29 is 8.42 Å². The second-order valence-electron chi connectivity index (χ2n) is 3.94. The first kappa shape index (κ1) is 12.9. The van der Waals surface area contributed by atoms with Crippen LogP contribution in [0.2, 0.25) is 0 Å². The molecule has 0 spiro atoms. The Morgan fingerprint density at radius 1 is 1.31 bits per heavy atom. The Kier molecular flexibility index (Phi) is 4.88. The van der Waals surface area contributed by atoms with Crippen molar-refractivity contribution in [2.75, 3.05) is 6.26 Å². The molecule has 2 unspecified atom stereocenters. The second kappa shape index (κ2) is 4.93. The van der Waals surface area contributed by atoms with Crippen molar-refractivity contribution in [1.82, 2.24) is 5.43 Å². The zero-order valence-corrected chi connectivity index (χ0v) is 9.56. The average Bonchev–Trinajstić information content (AvgIpc) is 1.96. The molecule has 0 saturated heterocycles. The monoisotopic (exact) mass is 208 g/mol. The van der Waals surface area contributed by atoms with Gasteiger partial charge < -0.3 is 0 Å². The molecule has 0 aliphatic heterocycles. The van der Waals surface area contributed by atoms with Crippen LogP contribution in [-0.4, -0.2) is 26.0 Å². The van der Waals surface area contributed by atoms with E-state index in [2.05, 4.69) is 5.43 Å². The van der Waals surface area contributed by atoms with Gasteiger partial charge in [0, 0.05) is 12.3 Å². The average molecular weight is 208 g/mol. The van der Waals surface area contributed by atoms with Crippen LogP contribution in [0.15, 0.2) is 0 Å². The van der Waals surface area contributed by atoms with Crippen molar-refractivity contribution in [2.24, 2.45) is 11.8 Å². The molecule has 0 aliphatic carbocycles. The molecule has 0 radical (unpaired) electrons. The maximum Gasteiger partial charge on any atom is 0.151 e. The lowest BCUT2D eigenvalue weighted by Crippen LogP contribution is -2.46. The smallest absolute Gasteiger partial charge is 0.151 e. The Balaban J connectivity index is 4.41. The van der Waals surface area contributed by atoms with Crippen LogP contribution in [0, 0.1) is 5.92 Å². The Labute approximate surface area is 80.8 Å². The Morgan fingerprint density at radius 3 is 2.00 bits per heavy atom. The molecule has 0 aromatic carbocycles. The van der Waals surface area contributed by atoms with Crippen LogP contribution < -0.4 is 11.3 Å². The van der Waals surface area contributed by atoms with E-state index in [1.54, 1.807) is 6.92 Å². The molecule has 0 aliphatic rings. The van der Waals surface area contributed by atoms with E-state index in [0.29, 0.717) is 5.92 Å². The summed E-state index contributed by atoms with van der Waals surface area (Å²) in [6.45, 7) is 5.76. The zero-order chi connectivity index (χ0) is 10.6. The molecule has 0 bridgehead atoms. The van der Waals surface area contributed by atoms with Crippen LogP contribution in [0.4, 0.5) is 0 Å². The fraction of sp³-hybridized carbons (Fsp3) is 1.00. The number of hydrazine groups is 1. The van der Waals surface area contributed by atoms with Gasteiger partial charge in [-0.15, -0.1) is 0 Å². The molecule has 4 nitrogen and oxygen atoms in total. The van der Waals surface area contributed by atoms with E-state index < -0.39 is 15.1 Å². The maximum absolute atomic E-state index is 11.2. The van der Waals surface area contributed by atoms with Crippen molar-refractivity contribution in [3.8, 4) is 0 Å². The van der Waals surface area contributed by atoms with Crippen LogP contribution in [-0.2, 0) is 9.84 Å². The van der Waals surface area contributed by atoms with Crippen molar-refractivity contribution in [2.45, 2.75) is 38.5 Å². The Bertz CT molecular complexity index is 237. The molecule has 0 saturated carbocycles. The molecule has 5 heteroatoms. The van der Waals surface area contributed by atoms with Crippen molar-refractivity contribution in [3.05, 3.63) is 0 Å². The van der Waals surface area contributed by atoms with Crippen LogP contribution in [0.3, 0.4) is 0 Å². The topological polar surface area (TPSA) is 72.2 Å². The summed E-state index contributed by atoms with van der Waals surface area (Å²) in [5.74, 6) is 5.74. The SMILES string of the molecule is CC(C)CC(NN)C(C)S(C)(=O)=O. The number of nitrogens with one attached hydrogen (secondary N) is 1. The molecule has 13 heavy (non-hydrogen) atoms. The minimum atomic E-state index is -3.00. The third kappa shape index (κ3) is 4.59. The van der Waals surface area contributed by atoms with Gasteiger partial charge in [0.25, 0.3) is 0 Å². The summed E-state index contributed by atoms with van der Waals surface area (Å²) in [5.41, 5.74) is 2.56. The summed E-state index contributed by atoms with van der Waals surface area (Å²) in [5, 5.41) is -0.431. The second-order valence-corrected chi connectivity index (χ2v) is 6.34. The Hall–Kier alpha value is -0.130. The van der Waals surface area contributed by atoms with Gasteiger partial charge in [-0.3, -0.25) is 11.3 Å². The van der Waals surface area contributed by atoms with Gasteiger partial charge >= 0.3 is 0 Å². The van der Waals surface area contributed by atoms with Crippen LogP contribution in [0.25, 0.3) is 0 Å². The van der Waals surface area contributed by atoms with E-state index in [0.717, 1.165) is 6.42 Å². The molecule has 0 amide bonds. The third-order valence-electron chi connectivity index (χ3n) is 2.18. The summed E-state index contributed by atoms with van der Waals surface area (Å²) < 4.78 is 22.4. The minimum absolute atomic E-state index is 0.157. The van der Waals surface area contributed by atoms with Gasteiger partial charge in [0.1, 0.15) is 0 Å². The summed E-state index contributed by atoms with van der Waals surface area (Å²) in [4.78, 5) is 0. The van der Waals surface area contributed by atoms with E-state index in [1.807, 2.05) is 13.8 Å². The maximum atomic E-state index is 11.2. The van der Waals surface area contributed by atoms with E-state index in [1.165, 1.54) is 6.26 Å². The molecule has 0 heterocycles. The van der Waals surface area contributed by atoms with Gasteiger partial charge in [0.2, 0.25) is 0 Å². The van der Waals surface area contributed by atoms with Crippen LogP contribution >= 0.6 is 0 Å². The lowest BCUT2D eigenvalue weighted by Gasteiger charge is -2.23.